The number of anilines is 1. The quantitative estimate of drug-likeness (QED) is 0.302. The Hall–Kier alpha value is -1.74. The van der Waals surface area contributed by atoms with E-state index in [0.29, 0.717) is 24.1 Å². The second kappa shape index (κ2) is 5.33. The molecular formula is C9H15N5O5P+. The molecule has 0 amide bonds. The summed E-state index contributed by atoms with van der Waals surface area (Å²) in [5.41, 5.74) is 5.93. The van der Waals surface area contributed by atoms with E-state index in [1.165, 1.54) is 0 Å². The Balaban J connectivity index is 2.19. The molecule has 0 radical (unpaired) electrons. The van der Waals surface area contributed by atoms with E-state index < -0.39 is 7.82 Å². The van der Waals surface area contributed by atoms with Gasteiger partial charge in [0.05, 0.1) is 20.2 Å². The monoisotopic (exact) mass is 304 g/mol. The van der Waals surface area contributed by atoms with Crippen LogP contribution in [0, 0.1) is 0 Å². The van der Waals surface area contributed by atoms with Gasteiger partial charge in [-0.25, -0.2) is 9.13 Å². The highest BCUT2D eigenvalue weighted by Gasteiger charge is 2.19. The van der Waals surface area contributed by atoms with Crippen molar-refractivity contribution in [1.29, 1.82) is 0 Å². The van der Waals surface area contributed by atoms with Crippen LogP contribution in [0.5, 0.6) is 0 Å². The van der Waals surface area contributed by atoms with Crippen molar-refractivity contribution in [3.05, 3.63) is 16.7 Å². The number of aromatic amines is 1. The van der Waals surface area contributed by atoms with Crippen molar-refractivity contribution < 1.29 is 23.4 Å². The highest BCUT2D eigenvalue weighted by atomic mass is 31.2. The number of fused-ring (bicyclic) bond motifs is 1. The van der Waals surface area contributed by atoms with E-state index in [1.54, 1.807) is 22.5 Å². The van der Waals surface area contributed by atoms with Crippen LogP contribution in [-0.2, 0) is 22.7 Å². The first-order valence-electron chi connectivity index (χ1n) is 5.72. The maximum absolute atomic E-state index is 11.8. The van der Waals surface area contributed by atoms with Crippen LogP contribution in [0.2, 0.25) is 0 Å². The Morgan fingerprint density at radius 1 is 1.60 bits per heavy atom. The van der Waals surface area contributed by atoms with E-state index in [9.17, 15) is 9.36 Å². The second-order valence-corrected chi connectivity index (χ2v) is 5.46. The lowest BCUT2D eigenvalue weighted by molar-refractivity contribution is -0.674. The normalized spacial score (nSPS) is 12.2. The van der Waals surface area contributed by atoms with Crippen molar-refractivity contribution >= 4 is 24.9 Å². The van der Waals surface area contributed by atoms with Crippen molar-refractivity contribution in [2.75, 3.05) is 12.3 Å². The number of aryl methyl sites for hydroxylation is 2. The van der Waals surface area contributed by atoms with Crippen molar-refractivity contribution in [2.45, 2.75) is 13.0 Å². The summed E-state index contributed by atoms with van der Waals surface area (Å²) in [5, 5.41) is 0. The van der Waals surface area contributed by atoms with Crippen LogP contribution >= 0.6 is 7.82 Å². The zero-order valence-corrected chi connectivity index (χ0v) is 11.6. The molecule has 0 aromatic carbocycles. The fourth-order valence-corrected chi connectivity index (χ4v) is 2.26. The number of nitrogen functional groups attached to an aromatic ring is 1. The van der Waals surface area contributed by atoms with Gasteiger partial charge < -0.3 is 15.5 Å². The maximum Gasteiger partial charge on any atom is 0.469 e. The molecule has 0 saturated carbocycles. The van der Waals surface area contributed by atoms with Gasteiger partial charge in [-0.1, -0.05) is 4.98 Å². The number of imidazole rings is 1. The molecule has 2 rings (SSSR count). The number of aromatic nitrogens is 4. The van der Waals surface area contributed by atoms with E-state index in [1.807, 2.05) is 0 Å². The first-order valence-corrected chi connectivity index (χ1v) is 7.25. The summed E-state index contributed by atoms with van der Waals surface area (Å²) in [4.78, 5) is 35.4. The highest BCUT2D eigenvalue weighted by Crippen LogP contribution is 2.35. The molecule has 0 saturated heterocycles. The number of H-pyrrole nitrogens is 1. The lowest BCUT2D eigenvalue weighted by Gasteiger charge is -2.03. The summed E-state index contributed by atoms with van der Waals surface area (Å²) in [5.74, 6) is 0.00826. The van der Waals surface area contributed by atoms with Gasteiger partial charge in [0.25, 0.3) is 11.5 Å². The average molecular weight is 304 g/mol. The Morgan fingerprint density at radius 2 is 2.30 bits per heavy atom. The molecule has 2 heterocycles. The fourth-order valence-electron chi connectivity index (χ4n) is 1.89. The van der Waals surface area contributed by atoms with Gasteiger partial charge >= 0.3 is 13.5 Å². The summed E-state index contributed by atoms with van der Waals surface area (Å²) in [6.07, 6.45) is 2.01. The molecule has 0 unspecified atom stereocenters. The minimum atomic E-state index is -4.45. The van der Waals surface area contributed by atoms with Gasteiger partial charge in [0, 0.05) is 6.42 Å². The largest absolute Gasteiger partial charge is 0.469 e. The molecule has 11 heteroatoms. The molecule has 0 aliphatic carbocycles. The molecule has 110 valence electrons. The molecule has 0 spiro atoms. The third-order valence-electron chi connectivity index (χ3n) is 2.63. The van der Waals surface area contributed by atoms with Gasteiger partial charge in [0.15, 0.2) is 6.33 Å². The maximum atomic E-state index is 11.8. The van der Waals surface area contributed by atoms with Crippen molar-refractivity contribution in [3.63, 3.8) is 0 Å². The van der Waals surface area contributed by atoms with Crippen LogP contribution < -0.4 is 15.9 Å². The van der Waals surface area contributed by atoms with Crippen molar-refractivity contribution in [3.8, 4) is 0 Å². The standard InChI is InChI=1S/C9H14N5O5P/c1-13-5-14(3-2-4-19-20(16,17)18)7-6(13)8(15)12-9(10)11-7/h5H,2-4H2,1H3,(H4-,10,11,12,15,16,17,18)/p+1. The molecule has 0 aliphatic rings. The number of nitrogens with two attached hydrogens (primary N) is 1. The smallest absolute Gasteiger partial charge is 0.355 e. The molecule has 2 aromatic heterocycles. The highest BCUT2D eigenvalue weighted by molar-refractivity contribution is 7.46. The number of phosphoric ester groups is 1. The molecule has 0 atom stereocenters. The molecule has 5 N–H and O–H groups in total. The van der Waals surface area contributed by atoms with Gasteiger partial charge in [0.1, 0.15) is 0 Å². The molecule has 0 bridgehead atoms. The van der Waals surface area contributed by atoms with Gasteiger partial charge in [-0.2, -0.15) is 0 Å². The van der Waals surface area contributed by atoms with E-state index in [0.717, 1.165) is 0 Å². The Labute approximate surface area is 113 Å². The fraction of sp³-hybridized carbons (Fsp3) is 0.444. The van der Waals surface area contributed by atoms with Crippen LogP contribution in [0.1, 0.15) is 6.42 Å². The number of nitrogens with zero attached hydrogens (tertiary/aromatic N) is 3. The zero-order chi connectivity index (χ0) is 14.9. The Kier molecular flexibility index (Phi) is 3.91. The first-order chi connectivity index (χ1) is 9.28. The van der Waals surface area contributed by atoms with Crippen molar-refractivity contribution in [1.82, 2.24) is 14.5 Å². The van der Waals surface area contributed by atoms with Crippen LogP contribution in [0.4, 0.5) is 5.95 Å². The number of hydrogen-bond acceptors (Lipinski definition) is 5. The summed E-state index contributed by atoms with van der Waals surface area (Å²) in [6, 6.07) is 0. The van der Waals surface area contributed by atoms with Gasteiger partial charge in [-0.3, -0.25) is 18.9 Å². The van der Waals surface area contributed by atoms with E-state index >= 15 is 0 Å². The van der Waals surface area contributed by atoms with Gasteiger partial charge in [-0.05, 0) is 0 Å². The van der Waals surface area contributed by atoms with E-state index in [-0.39, 0.29) is 18.1 Å². The Morgan fingerprint density at radius 3 is 2.95 bits per heavy atom. The topological polar surface area (TPSA) is 147 Å². The number of phosphoric acid groups is 1. The summed E-state index contributed by atoms with van der Waals surface area (Å²) < 4.78 is 18.2. The van der Waals surface area contributed by atoms with E-state index in [2.05, 4.69) is 14.5 Å². The molecule has 20 heavy (non-hydrogen) atoms. The third kappa shape index (κ3) is 3.23. The molecular weight excluding hydrogens is 289 g/mol. The van der Waals surface area contributed by atoms with Crippen molar-refractivity contribution in [2.24, 2.45) is 7.05 Å². The second-order valence-electron chi connectivity index (χ2n) is 4.22. The number of nitrogens with one attached hydrogen (secondary N) is 1. The molecule has 0 fully saturated rings. The molecule has 10 nitrogen and oxygen atoms in total. The summed E-state index contributed by atoms with van der Waals surface area (Å²) >= 11 is 0. The summed E-state index contributed by atoms with van der Waals surface area (Å²) in [7, 11) is -2.76. The predicted octanol–water partition coefficient (Wildman–Crippen LogP) is -1.37. The lowest BCUT2D eigenvalue weighted by atomic mass is 10.4. The minimum absolute atomic E-state index is 0.00826. The number of hydrogen-bond donors (Lipinski definition) is 4. The SMILES string of the molecule is Cn1c[n+](CCCOP(=O)(O)O)c2nc(N)[nH]c(=O)c21. The first kappa shape index (κ1) is 14.7. The lowest BCUT2D eigenvalue weighted by Crippen LogP contribution is -2.34. The molecule has 2 aromatic rings. The van der Waals surface area contributed by atoms with Crippen LogP contribution in [-0.4, -0.2) is 30.9 Å². The minimum Gasteiger partial charge on any atom is -0.355 e. The van der Waals surface area contributed by atoms with Gasteiger partial charge in [0.2, 0.25) is 5.52 Å². The van der Waals surface area contributed by atoms with Crippen LogP contribution in [0.15, 0.2) is 11.1 Å². The average Bonchev–Trinajstić information content (AvgIpc) is 2.60. The predicted molar refractivity (Wildman–Crippen MR) is 68.6 cm³/mol. The Bertz CT molecular complexity index is 732. The van der Waals surface area contributed by atoms with Crippen LogP contribution in [0.25, 0.3) is 11.2 Å². The zero-order valence-electron chi connectivity index (χ0n) is 10.7. The van der Waals surface area contributed by atoms with Crippen LogP contribution in [0.3, 0.4) is 0 Å². The number of rotatable bonds is 5. The summed E-state index contributed by atoms with van der Waals surface area (Å²) in [6.45, 7) is 0.277. The third-order valence-corrected chi connectivity index (χ3v) is 3.15. The van der Waals surface area contributed by atoms with E-state index in [4.69, 9.17) is 15.5 Å². The molecule has 0 aliphatic heterocycles. The van der Waals surface area contributed by atoms with Gasteiger partial charge in [-0.15, -0.1) is 0 Å².